The lowest BCUT2D eigenvalue weighted by Gasteiger charge is -2.04. The number of ether oxygens (including phenoxy) is 2. The molecule has 4 nitrogen and oxygen atoms in total. The van der Waals surface area contributed by atoms with Crippen molar-refractivity contribution in [2.45, 2.75) is 6.42 Å². The maximum absolute atomic E-state index is 11.2. The Bertz CT molecular complexity index is 597. The van der Waals surface area contributed by atoms with Crippen LogP contribution >= 0.6 is 27.3 Å². The first-order valence-corrected chi connectivity index (χ1v) is 7.16. The number of halogens is 1. The maximum Gasteiger partial charge on any atom is 0.311 e. The Morgan fingerprint density at radius 2 is 2.21 bits per heavy atom. The van der Waals surface area contributed by atoms with Gasteiger partial charge in [0.15, 0.2) is 0 Å². The van der Waals surface area contributed by atoms with Crippen molar-refractivity contribution in [1.82, 2.24) is 4.98 Å². The first-order valence-electron chi connectivity index (χ1n) is 5.49. The van der Waals surface area contributed by atoms with Gasteiger partial charge in [-0.1, -0.05) is 0 Å². The van der Waals surface area contributed by atoms with E-state index in [-0.39, 0.29) is 12.4 Å². The Morgan fingerprint density at radius 1 is 1.42 bits per heavy atom. The van der Waals surface area contributed by atoms with Gasteiger partial charge in [0.25, 0.3) is 0 Å². The van der Waals surface area contributed by atoms with Crippen molar-refractivity contribution in [2.24, 2.45) is 0 Å². The van der Waals surface area contributed by atoms with Crippen molar-refractivity contribution in [3.63, 3.8) is 0 Å². The minimum Gasteiger partial charge on any atom is -0.496 e. The Kier molecular flexibility index (Phi) is 4.55. The van der Waals surface area contributed by atoms with E-state index in [2.05, 4.69) is 25.7 Å². The number of benzene rings is 1. The number of rotatable bonds is 4. The third kappa shape index (κ3) is 3.33. The third-order valence-corrected chi connectivity index (χ3v) is 4.06. The molecule has 0 aliphatic heterocycles. The summed E-state index contributed by atoms with van der Waals surface area (Å²) in [6.45, 7) is 0. The normalized spacial score (nSPS) is 10.3. The van der Waals surface area contributed by atoms with Crippen LogP contribution in [0, 0.1) is 0 Å². The van der Waals surface area contributed by atoms with Gasteiger partial charge in [0, 0.05) is 10.9 Å². The summed E-state index contributed by atoms with van der Waals surface area (Å²) in [5.41, 5.74) is 1.70. The minimum atomic E-state index is -0.284. The summed E-state index contributed by atoms with van der Waals surface area (Å²) >= 11 is 4.94. The molecule has 0 unspecified atom stereocenters. The van der Waals surface area contributed by atoms with Gasteiger partial charge in [0.1, 0.15) is 10.8 Å². The molecule has 6 heteroatoms. The van der Waals surface area contributed by atoms with Gasteiger partial charge in [0.05, 0.1) is 30.8 Å². The molecule has 0 bridgehead atoms. The van der Waals surface area contributed by atoms with E-state index in [1.54, 1.807) is 7.11 Å². The highest BCUT2D eigenvalue weighted by molar-refractivity contribution is 9.10. The second-order valence-corrected chi connectivity index (χ2v) is 5.46. The second kappa shape index (κ2) is 6.16. The Morgan fingerprint density at radius 3 is 2.84 bits per heavy atom. The lowest BCUT2D eigenvalue weighted by molar-refractivity contribution is -0.139. The zero-order chi connectivity index (χ0) is 13.8. The SMILES string of the molecule is COC(=O)Cc1csc(-c2ccc(OC)c(Br)c2)n1. The van der Waals surface area contributed by atoms with Gasteiger partial charge < -0.3 is 9.47 Å². The first-order chi connectivity index (χ1) is 9.13. The summed E-state index contributed by atoms with van der Waals surface area (Å²) in [6.07, 6.45) is 0.199. The Balaban J connectivity index is 2.23. The molecule has 0 fully saturated rings. The average molecular weight is 342 g/mol. The van der Waals surface area contributed by atoms with Crippen molar-refractivity contribution in [2.75, 3.05) is 14.2 Å². The Labute approximate surface area is 123 Å². The molecular formula is C13H12BrNO3S. The molecule has 19 heavy (non-hydrogen) atoms. The molecule has 0 radical (unpaired) electrons. The van der Waals surface area contributed by atoms with Gasteiger partial charge in [-0.3, -0.25) is 4.79 Å². The van der Waals surface area contributed by atoms with E-state index >= 15 is 0 Å². The zero-order valence-electron chi connectivity index (χ0n) is 10.5. The monoisotopic (exact) mass is 341 g/mol. The molecule has 0 saturated heterocycles. The van der Waals surface area contributed by atoms with Crippen LogP contribution in [0.1, 0.15) is 5.69 Å². The average Bonchev–Trinajstić information content (AvgIpc) is 2.87. The molecule has 0 saturated carbocycles. The maximum atomic E-state index is 11.2. The molecule has 0 spiro atoms. The summed E-state index contributed by atoms with van der Waals surface area (Å²) in [5, 5.41) is 2.73. The van der Waals surface area contributed by atoms with Gasteiger partial charge in [0.2, 0.25) is 0 Å². The molecule has 2 rings (SSSR count). The number of aromatic nitrogens is 1. The highest BCUT2D eigenvalue weighted by Gasteiger charge is 2.10. The number of carbonyl (C=O) groups is 1. The molecule has 1 heterocycles. The van der Waals surface area contributed by atoms with Gasteiger partial charge in [-0.2, -0.15) is 0 Å². The van der Waals surface area contributed by atoms with E-state index in [9.17, 15) is 4.79 Å². The minimum absolute atomic E-state index is 0.199. The van der Waals surface area contributed by atoms with Crippen LogP contribution < -0.4 is 4.74 Å². The third-order valence-electron chi connectivity index (χ3n) is 2.50. The van der Waals surface area contributed by atoms with Crippen LogP contribution in [0.4, 0.5) is 0 Å². The fraction of sp³-hybridized carbons (Fsp3) is 0.231. The number of hydrogen-bond donors (Lipinski definition) is 0. The van der Waals surface area contributed by atoms with E-state index in [4.69, 9.17) is 4.74 Å². The number of esters is 1. The Hall–Kier alpha value is -1.40. The van der Waals surface area contributed by atoms with Crippen LogP contribution in [0.15, 0.2) is 28.1 Å². The lowest BCUT2D eigenvalue weighted by atomic mass is 10.2. The van der Waals surface area contributed by atoms with E-state index < -0.39 is 0 Å². The molecule has 0 amide bonds. The van der Waals surface area contributed by atoms with Crippen LogP contribution in [0.5, 0.6) is 5.75 Å². The zero-order valence-corrected chi connectivity index (χ0v) is 12.9. The molecule has 0 N–H and O–H groups in total. The van der Waals surface area contributed by atoms with Gasteiger partial charge in [-0.25, -0.2) is 4.98 Å². The molecule has 0 atom stereocenters. The van der Waals surface area contributed by atoms with E-state index in [1.165, 1.54) is 18.4 Å². The molecule has 0 aliphatic rings. The highest BCUT2D eigenvalue weighted by atomic mass is 79.9. The van der Waals surface area contributed by atoms with Crippen molar-refractivity contribution >= 4 is 33.2 Å². The molecule has 0 aliphatic carbocycles. The molecular weight excluding hydrogens is 330 g/mol. The summed E-state index contributed by atoms with van der Waals surface area (Å²) in [6, 6.07) is 5.75. The molecule has 100 valence electrons. The highest BCUT2D eigenvalue weighted by Crippen LogP contribution is 2.32. The molecule has 1 aromatic heterocycles. The van der Waals surface area contributed by atoms with Gasteiger partial charge in [-0.05, 0) is 34.1 Å². The molecule has 2 aromatic rings. The summed E-state index contributed by atoms with van der Waals surface area (Å²) in [4.78, 5) is 15.6. The number of nitrogens with zero attached hydrogens (tertiary/aromatic N) is 1. The summed E-state index contributed by atoms with van der Waals surface area (Å²) < 4.78 is 10.7. The summed E-state index contributed by atoms with van der Waals surface area (Å²) in [7, 11) is 2.99. The van der Waals surface area contributed by atoms with Crippen LogP contribution in [-0.2, 0) is 16.0 Å². The van der Waals surface area contributed by atoms with E-state index in [0.717, 1.165) is 26.5 Å². The van der Waals surface area contributed by atoms with Crippen LogP contribution in [0.2, 0.25) is 0 Å². The predicted octanol–water partition coefficient (Wildman–Crippen LogP) is 3.30. The number of hydrogen-bond acceptors (Lipinski definition) is 5. The van der Waals surface area contributed by atoms with Crippen LogP contribution in [0.3, 0.4) is 0 Å². The quantitative estimate of drug-likeness (QED) is 0.800. The van der Waals surface area contributed by atoms with Crippen LogP contribution in [0.25, 0.3) is 10.6 Å². The van der Waals surface area contributed by atoms with Crippen molar-refractivity contribution < 1.29 is 14.3 Å². The largest absolute Gasteiger partial charge is 0.496 e. The number of carbonyl (C=O) groups excluding carboxylic acids is 1. The smallest absolute Gasteiger partial charge is 0.311 e. The second-order valence-electron chi connectivity index (χ2n) is 3.75. The van der Waals surface area contributed by atoms with Crippen molar-refractivity contribution in [3.8, 4) is 16.3 Å². The van der Waals surface area contributed by atoms with Gasteiger partial charge >= 0.3 is 5.97 Å². The predicted molar refractivity (Wildman–Crippen MR) is 77.5 cm³/mol. The summed E-state index contributed by atoms with van der Waals surface area (Å²) in [5.74, 6) is 0.489. The van der Waals surface area contributed by atoms with Crippen molar-refractivity contribution in [3.05, 3.63) is 33.7 Å². The fourth-order valence-corrected chi connectivity index (χ4v) is 2.90. The lowest BCUT2D eigenvalue weighted by Crippen LogP contribution is -2.04. The molecule has 1 aromatic carbocycles. The van der Waals surface area contributed by atoms with Crippen molar-refractivity contribution in [1.29, 1.82) is 0 Å². The first kappa shape index (κ1) is 14.0. The van der Waals surface area contributed by atoms with Gasteiger partial charge in [-0.15, -0.1) is 11.3 Å². The number of thiazole rings is 1. The topological polar surface area (TPSA) is 48.4 Å². The standard InChI is InChI=1S/C13H12BrNO3S/c1-17-11-4-3-8(5-10(11)14)13-15-9(7-19-13)6-12(16)18-2/h3-5,7H,6H2,1-2H3. The fourth-order valence-electron chi connectivity index (χ4n) is 1.54. The number of methoxy groups -OCH3 is 2. The van der Waals surface area contributed by atoms with E-state index in [1.807, 2.05) is 23.6 Å². The van der Waals surface area contributed by atoms with Crippen LogP contribution in [-0.4, -0.2) is 25.2 Å². The van der Waals surface area contributed by atoms with E-state index in [0.29, 0.717) is 0 Å².